The minimum atomic E-state index is -0.390. The fraction of sp³-hybridized carbons (Fsp3) is 0.391. The molecule has 4 rings (SSSR count). The van der Waals surface area contributed by atoms with Gasteiger partial charge in [0.2, 0.25) is 5.91 Å². The lowest BCUT2D eigenvalue weighted by Gasteiger charge is -2.36. The number of hydrogen-bond donors (Lipinski definition) is 0. The number of halogens is 1. The predicted molar refractivity (Wildman–Crippen MR) is 117 cm³/mol. The van der Waals surface area contributed by atoms with Crippen molar-refractivity contribution in [3.05, 3.63) is 59.1 Å². The molecule has 2 saturated heterocycles. The monoisotopic (exact) mass is 427 g/mol. The summed E-state index contributed by atoms with van der Waals surface area (Å²) in [5, 5.41) is 0.558. The highest BCUT2D eigenvalue weighted by molar-refractivity contribution is 6.32. The molecule has 2 fully saturated rings. The highest BCUT2D eigenvalue weighted by Gasteiger charge is 2.43. The number of benzene rings is 2. The number of imide groups is 1. The maximum absolute atomic E-state index is 13.1. The number of para-hydroxylation sites is 1. The third kappa shape index (κ3) is 4.36. The van der Waals surface area contributed by atoms with Gasteiger partial charge < -0.3 is 4.74 Å². The topological polar surface area (TPSA) is 53.1 Å². The van der Waals surface area contributed by atoms with E-state index in [0.29, 0.717) is 17.3 Å². The van der Waals surface area contributed by atoms with Crippen LogP contribution in [0.15, 0.2) is 48.5 Å². The predicted octanol–water partition coefficient (Wildman–Crippen LogP) is 2.98. The van der Waals surface area contributed by atoms with E-state index in [1.54, 1.807) is 18.2 Å². The minimum Gasteiger partial charge on any atom is -0.492 e. The zero-order valence-corrected chi connectivity index (χ0v) is 17.8. The van der Waals surface area contributed by atoms with Crippen LogP contribution in [0.5, 0.6) is 5.75 Å². The van der Waals surface area contributed by atoms with E-state index in [0.717, 1.165) is 44.0 Å². The number of hydrogen-bond acceptors (Lipinski definition) is 5. The quantitative estimate of drug-likeness (QED) is 0.663. The summed E-state index contributed by atoms with van der Waals surface area (Å²) in [6.45, 7) is 6.54. The van der Waals surface area contributed by atoms with E-state index in [1.165, 1.54) is 4.90 Å². The summed E-state index contributed by atoms with van der Waals surface area (Å²) >= 11 is 6.19. The van der Waals surface area contributed by atoms with E-state index in [9.17, 15) is 9.59 Å². The lowest BCUT2D eigenvalue weighted by atomic mass is 10.1. The molecule has 0 bridgehead atoms. The molecule has 30 heavy (non-hydrogen) atoms. The smallest absolute Gasteiger partial charge is 0.251 e. The largest absolute Gasteiger partial charge is 0.492 e. The molecule has 0 unspecified atom stereocenters. The SMILES string of the molecule is Cc1c(Cl)cccc1N1C(=O)C[C@@H](N2CCN(CCOc3ccccc3)CC2)C1=O. The van der Waals surface area contributed by atoms with Gasteiger partial charge in [-0.25, -0.2) is 4.90 Å². The van der Waals surface area contributed by atoms with Gasteiger partial charge in [-0.15, -0.1) is 0 Å². The van der Waals surface area contributed by atoms with Crippen molar-refractivity contribution >= 4 is 29.1 Å². The van der Waals surface area contributed by atoms with Crippen molar-refractivity contribution in [1.29, 1.82) is 0 Å². The maximum atomic E-state index is 13.1. The Morgan fingerprint density at radius 2 is 1.73 bits per heavy atom. The Labute approximate surface area is 182 Å². The summed E-state index contributed by atoms with van der Waals surface area (Å²) in [4.78, 5) is 31.5. The van der Waals surface area contributed by atoms with Crippen LogP contribution in [0.2, 0.25) is 5.02 Å². The molecule has 0 aromatic heterocycles. The molecular weight excluding hydrogens is 402 g/mol. The van der Waals surface area contributed by atoms with E-state index in [1.807, 2.05) is 37.3 Å². The minimum absolute atomic E-state index is 0.147. The van der Waals surface area contributed by atoms with Crippen molar-refractivity contribution in [2.75, 3.05) is 44.2 Å². The fourth-order valence-corrected chi connectivity index (χ4v) is 4.27. The van der Waals surface area contributed by atoms with Crippen LogP contribution in [0.25, 0.3) is 0 Å². The van der Waals surface area contributed by atoms with Crippen LogP contribution in [0.4, 0.5) is 5.69 Å². The Morgan fingerprint density at radius 3 is 2.47 bits per heavy atom. The van der Waals surface area contributed by atoms with Gasteiger partial charge in [0.1, 0.15) is 12.4 Å². The molecular formula is C23H26ClN3O3. The van der Waals surface area contributed by atoms with Crippen molar-refractivity contribution in [1.82, 2.24) is 9.80 Å². The first-order valence-electron chi connectivity index (χ1n) is 10.3. The Balaban J connectivity index is 1.31. The Bertz CT molecular complexity index is 913. The number of rotatable bonds is 6. The Kier molecular flexibility index (Phi) is 6.37. The van der Waals surface area contributed by atoms with Crippen molar-refractivity contribution in [2.24, 2.45) is 0 Å². The second kappa shape index (κ2) is 9.16. The van der Waals surface area contributed by atoms with Crippen molar-refractivity contribution < 1.29 is 14.3 Å². The Morgan fingerprint density at radius 1 is 1.00 bits per heavy atom. The first kappa shape index (κ1) is 20.8. The zero-order valence-electron chi connectivity index (χ0n) is 17.1. The third-order valence-electron chi connectivity index (χ3n) is 5.87. The van der Waals surface area contributed by atoms with E-state index >= 15 is 0 Å². The van der Waals surface area contributed by atoms with Crippen LogP contribution in [0, 0.1) is 6.92 Å². The lowest BCUT2D eigenvalue weighted by Crippen LogP contribution is -2.53. The van der Waals surface area contributed by atoms with Gasteiger partial charge in [-0.2, -0.15) is 0 Å². The highest BCUT2D eigenvalue weighted by Crippen LogP contribution is 2.32. The number of carbonyl (C=O) groups excluding carboxylic acids is 2. The molecule has 2 heterocycles. The first-order chi connectivity index (χ1) is 14.5. The van der Waals surface area contributed by atoms with Crippen molar-refractivity contribution in [2.45, 2.75) is 19.4 Å². The first-order valence-corrected chi connectivity index (χ1v) is 10.7. The van der Waals surface area contributed by atoms with Gasteiger partial charge in [0.05, 0.1) is 18.2 Å². The van der Waals surface area contributed by atoms with Gasteiger partial charge in [-0.1, -0.05) is 35.9 Å². The third-order valence-corrected chi connectivity index (χ3v) is 6.28. The molecule has 6 nitrogen and oxygen atoms in total. The van der Waals surface area contributed by atoms with Crippen molar-refractivity contribution in [3.8, 4) is 5.75 Å². The van der Waals surface area contributed by atoms with Crippen LogP contribution in [-0.4, -0.2) is 67.0 Å². The molecule has 1 atom stereocenters. The van der Waals surface area contributed by atoms with E-state index in [4.69, 9.17) is 16.3 Å². The summed E-state index contributed by atoms with van der Waals surface area (Å²) in [6, 6.07) is 14.7. The van der Waals surface area contributed by atoms with Gasteiger partial charge >= 0.3 is 0 Å². The standard InChI is InChI=1S/C23H26ClN3O3/c1-17-19(24)8-5-9-20(17)27-22(28)16-21(23(27)29)26-12-10-25(11-13-26)14-15-30-18-6-3-2-4-7-18/h2-9,21H,10-16H2,1H3/t21-/m1/s1. The second-order valence-electron chi connectivity index (χ2n) is 7.71. The highest BCUT2D eigenvalue weighted by atomic mass is 35.5. The van der Waals surface area contributed by atoms with Gasteiger partial charge in [0.15, 0.2) is 0 Å². The number of carbonyl (C=O) groups is 2. The van der Waals surface area contributed by atoms with Gasteiger partial charge in [-0.3, -0.25) is 19.4 Å². The summed E-state index contributed by atoms with van der Waals surface area (Å²) < 4.78 is 5.78. The lowest BCUT2D eigenvalue weighted by molar-refractivity contribution is -0.123. The van der Waals surface area contributed by atoms with Crippen molar-refractivity contribution in [3.63, 3.8) is 0 Å². The van der Waals surface area contributed by atoms with Crippen LogP contribution in [0.3, 0.4) is 0 Å². The number of ether oxygens (including phenoxy) is 1. The average Bonchev–Trinajstić information content (AvgIpc) is 3.05. The van der Waals surface area contributed by atoms with E-state index in [-0.39, 0.29) is 18.2 Å². The fourth-order valence-electron chi connectivity index (χ4n) is 4.10. The Hall–Kier alpha value is -2.41. The number of nitrogens with zero attached hydrogens (tertiary/aromatic N) is 3. The summed E-state index contributed by atoms with van der Waals surface area (Å²) in [5.74, 6) is 0.572. The molecule has 0 radical (unpaired) electrons. The molecule has 2 aliphatic rings. The number of amides is 2. The summed E-state index contributed by atoms with van der Waals surface area (Å²) in [6.07, 6.45) is 0.224. The molecule has 0 saturated carbocycles. The van der Waals surface area contributed by atoms with Crippen LogP contribution in [-0.2, 0) is 9.59 Å². The zero-order chi connectivity index (χ0) is 21.1. The molecule has 2 aromatic carbocycles. The molecule has 0 aliphatic carbocycles. The van der Waals surface area contributed by atoms with E-state index < -0.39 is 6.04 Å². The summed E-state index contributed by atoms with van der Waals surface area (Å²) in [5.41, 5.74) is 1.35. The molecule has 2 aliphatic heterocycles. The molecule has 2 aromatic rings. The molecule has 2 amide bonds. The van der Waals surface area contributed by atoms with Crippen LogP contribution >= 0.6 is 11.6 Å². The molecule has 0 spiro atoms. The molecule has 0 N–H and O–H groups in total. The van der Waals surface area contributed by atoms with Gasteiger partial charge in [0.25, 0.3) is 5.91 Å². The van der Waals surface area contributed by atoms with E-state index in [2.05, 4.69) is 9.80 Å². The normalized spacial score (nSPS) is 20.7. The molecule has 7 heteroatoms. The number of piperazine rings is 1. The molecule has 158 valence electrons. The van der Waals surface area contributed by atoms with Crippen LogP contribution in [0.1, 0.15) is 12.0 Å². The average molecular weight is 428 g/mol. The van der Waals surface area contributed by atoms with Crippen LogP contribution < -0.4 is 9.64 Å². The maximum Gasteiger partial charge on any atom is 0.251 e. The van der Waals surface area contributed by atoms with Gasteiger partial charge in [0, 0.05) is 37.7 Å². The summed E-state index contributed by atoms with van der Waals surface area (Å²) in [7, 11) is 0. The second-order valence-corrected chi connectivity index (χ2v) is 8.12. The number of anilines is 1. The van der Waals surface area contributed by atoms with Gasteiger partial charge in [-0.05, 0) is 36.8 Å².